The van der Waals surface area contributed by atoms with E-state index in [0.29, 0.717) is 5.02 Å². The Morgan fingerprint density at radius 3 is 2.62 bits per heavy atom. The van der Waals surface area contributed by atoms with Gasteiger partial charge >= 0.3 is 0 Å². The summed E-state index contributed by atoms with van der Waals surface area (Å²) in [4.78, 5) is 0. The van der Waals surface area contributed by atoms with Gasteiger partial charge in [-0.05, 0) is 44.0 Å². The molecule has 4 heteroatoms. The van der Waals surface area contributed by atoms with Crippen molar-refractivity contribution >= 4 is 11.6 Å². The predicted molar refractivity (Wildman–Crippen MR) is 60.9 cm³/mol. The molecule has 1 fully saturated rings. The molecule has 0 radical (unpaired) electrons. The highest BCUT2D eigenvalue weighted by molar-refractivity contribution is 6.30. The van der Waals surface area contributed by atoms with Crippen LogP contribution in [0.3, 0.4) is 0 Å². The Labute approximate surface area is 98.8 Å². The van der Waals surface area contributed by atoms with Crippen LogP contribution in [0.5, 0.6) is 0 Å². The largest absolute Gasteiger partial charge is 0.317 e. The molecule has 0 aromatic heterocycles. The van der Waals surface area contributed by atoms with Crippen molar-refractivity contribution in [3.63, 3.8) is 0 Å². The Morgan fingerprint density at radius 2 is 2.00 bits per heavy atom. The lowest BCUT2D eigenvalue weighted by atomic mass is 9.89. The SMILES string of the molecule is Fc1cc(Cl)ccc1C(F)C1CCNCC1. The summed E-state index contributed by atoms with van der Waals surface area (Å²) < 4.78 is 27.6. The first-order valence-electron chi connectivity index (χ1n) is 5.48. The van der Waals surface area contributed by atoms with E-state index in [1.165, 1.54) is 18.2 Å². The highest BCUT2D eigenvalue weighted by Gasteiger charge is 2.26. The van der Waals surface area contributed by atoms with Crippen LogP contribution >= 0.6 is 11.6 Å². The standard InChI is InChI=1S/C12H14ClF2N/c13-9-1-2-10(11(14)7-9)12(15)8-3-5-16-6-4-8/h1-2,7-8,12,16H,3-6H2. The van der Waals surface area contributed by atoms with Crippen LogP contribution in [0.25, 0.3) is 0 Å². The number of benzene rings is 1. The Morgan fingerprint density at radius 1 is 1.31 bits per heavy atom. The molecule has 0 saturated carbocycles. The van der Waals surface area contributed by atoms with Gasteiger partial charge in [0.25, 0.3) is 0 Å². The second kappa shape index (κ2) is 5.11. The maximum Gasteiger partial charge on any atom is 0.131 e. The van der Waals surface area contributed by atoms with Crippen LogP contribution in [-0.2, 0) is 0 Å². The number of rotatable bonds is 2. The fourth-order valence-corrected chi connectivity index (χ4v) is 2.27. The van der Waals surface area contributed by atoms with Crippen molar-refractivity contribution in [3.8, 4) is 0 Å². The molecule has 0 amide bonds. The van der Waals surface area contributed by atoms with Gasteiger partial charge in [0.1, 0.15) is 12.0 Å². The molecule has 16 heavy (non-hydrogen) atoms. The van der Waals surface area contributed by atoms with E-state index in [0.717, 1.165) is 25.9 Å². The maximum absolute atomic E-state index is 14.1. The topological polar surface area (TPSA) is 12.0 Å². The second-order valence-corrected chi connectivity index (χ2v) is 4.59. The molecule has 1 aliphatic heterocycles. The van der Waals surface area contributed by atoms with Crippen molar-refractivity contribution in [3.05, 3.63) is 34.6 Å². The smallest absolute Gasteiger partial charge is 0.131 e. The van der Waals surface area contributed by atoms with Crippen molar-refractivity contribution in [2.24, 2.45) is 5.92 Å². The summed E-state index contributed by atoms with van der Waals surface area (Å²) in [7, 11) is 0. The fourth-order valence-electron chi connectivity index (χ4n) is 2.12. The summed E-state index contributed by atoms with van der Waals surface area (Å²) in [6.45, 7) is 1.61. The molecule has 1 heterocycles. The highest BCUT2D eigenvalue weighted by Crippen LogP contribution is 2.34. The number of alkyl halides is 1. The molecule has 1 aromatic carbocycles. The van der Waals surface area contributed by atoms with Crippen LogP contribution in [-0.4, -0.2) is 13.1 Å². The third-order valence-electron chi connectivity index (χ3n) is 3.06. The molecule has 1 unspecified atom stereocenters. The molecule has 0 spiro atoms. The Bertz CT molecular complexity index is 364. The van der Waals surface area contributed by atoms with Gasteiger partial charge < -0.3 is 5.32 Å². The van der Waals surface area contributed by atoms with Gasteiger partial charge in [0.05, 0.1) is 0 Å². The van der Waals surface area contributed by atoms with E-state index in [-0.39, 0.29) is 11.5 Å². The number of halogens is 3. The van der Waals surface area contributed by atoms with Crippen molar-refractivity contribution in [2.75, 3.05) is 13.1 Å². The van der Waals surface area contributed by atoms with Crippen molar-refractivity contribution in [1.82, 2.24) is 5.32 Å². The van der Waals surface area contributed by atoms with Gasteiger partial charge in [-0.1, -0.05) is 17.7 Å². The highest BCUT2D eigenvalue weighted by atomic mass is 35.5. The number of nitrogens with one attached hydrogen (secondary N) is 1. The van der Waals surface area contributed by atoms with E-state index in [1.807, 2.05) is 0 Å². The van der Waals surface area contributed by atoms with Gasteiger partial charge in [-0.2, -0.15) is 0 Å². The molecular weight excluding hydrogens is 232 g/mol. The van der Waals surface area contributed by atoms with Crippen LogP contribution in [0, 0.1) is 11.7 Å². The van der Waals surface area contributed by atoms with Crippen molar-refractivity contribution < 1.29 is 8.78 Å². The zero-order valence-corrected chi connectivity index (χ0v) is 9.61. The van der Waals surface area contributed by atoms with E-state index < -0.39 is 12.0 Å². The van der Waals surface area contributed by atoms with Gasteiger partial charge in [0.2, 0.25) is 0 Å². The lowest BCUT2D eigenvalue weighted by Crippen LogP contribution is -2.30. The van der Waals surface area contributed by atoms with E-state index in [4.69, 9.17) is 11.6 Å². The Balaban J connectivity index is 2.15. The second-order valence-electron chi connectivity index (χ2n) is 4.16. The molecule has 0 aliphatic carbocycles. The van der Waals surface area contributed by atoms with Gasteiger partial charge in [-0.25, -0.2) is 8.78 Å². The Kier molecular flexibility index (Phi) is 3.77. The summed E-state index contributed by atoms with van der Waals surface area (Å²) in [5, 5.41) is 3.47. The van der Waals surface area contributed by atoms with Gasteiger partial charge in [-0.15, -0.1) is 0 Å². The summed E-state index contributed by atoms with van der Waals surface area (Å²) in [5.41, 5.74) is 0.135. The molecule has 2 rings (SSSR count). The van der Waals surface area contributed by atoms with E-state index >= 15 is 0 Å². The third kappa shape index (κ3) is 2.53. The summed E-state index contributed by atoms with van der Waals surface area (Å²) in [5.74, 6) is -0.629. The zero-order chi connectivity index (χ0) is 11.5. The zero-order valence-electron chi connectivity index (χ0n) is 8.85. The summed E-state index contributed by atoms with van der Waals surface area (Å²) >= 11 is 5.63. The van der Waals surface area contributed by atoms with Crippen LogP contribution < -0.4 is 5.32 Å². The third-order valence-corrected chi connectivity index (χ3v) is 3.29. The van der Waals surface area contributed by atoms with Crippen LogP contribution in [0.2, 0.25) is 5.02 Å². The van der Waals surface area contributed by atoms with Crippen LogP contribution in [0.4, 0.5) is 8.78 Å². The maximum atomic E-state index is 14.1. The molecule has 1 aliphatic rings. The number of piperidine rings is 1. The molecule has 1 atom stereocenters. The normalized spacial score (nSPS) is 19.7. The first-order chi connectivity index (χ1) is 7.68. The van der Waals surface area contributed by atoms with Crippen molar-refractivity contribution in [2.45, 2.75) is 19.0 Å². The molecule has 1 saturated heterocycles. The summed E-state index contributed by atoms with van der Waals surface area (Å²) in [6.07, 6.45) is 0.284. The monoisotopic (exact) mass is 245 g/mol. The fraction of sp³-hybridized carbons (Fsp3) is 0.500. The molecule has 1 aromatic rings. The number of hydrogen-bond donors (Lipinski definition) is 1. The summed E-state index contributed by atoms with van der Waals surface area (Å²) in [6, 6.07) is 4.16. The molecular formula is C12H14ClF2N. The van der Waals surface area contributed by atoms with Gasteiger partial charge in [0.15, 0.2) is 0 Å². The molecule has 1 N–H and O–H groups in total. The average Bonchev–Trinajstić information content (AvgIpc) is 2.29. The lowest BCUT2D eigenvalue weighted by Gasteiger charge is -2.26. The molecule has 1 nitrogen and oxygen atoms in total. The van der Waals surface area contributed by atoms with E-state index in [1.54, 1.807) is 0 Å². The van der Waals surface area contributed by atoms with Crippen LogP contribution in [0.1, 0.15) is 24.6 Å². The molecule has 0 bridgehead atoms. The minimum Gasteiger partial charge on any atom is -0.317 e. The van der Waals surface area contributed by atoms with Crippen molar-refractivity contribution in [1.29, 1.82) is 0 Å². The first-order valence-corrected chi connectivity index (χ1v) is 5.86. The quantitative estimate of drug-likeness (QED) is 0.841. The Hall–Kier alpha value is -0.670. The van der Waals surface area contributed by atoms with E-state index in [2.05, 4.69) is 5.32 Å². The van der Waals surface area contributed by atoms with Gasteiger partial charge in [0, 0.05) is 10.6 Å². The molecule has 88 valence electrons. The predicted octanol–water partition coefficient (Wildman–Crippen LogP) is 3.49. The van der Waals surface area contributed by atoms with Gasteiger partial charge in [-0.3, -0.25) is 0 Å². The average molecular weight is 246 g/mol. The minimum atomic E-state index is -1.22. The lowest BCUT2D eigenvalue weighted by molar-refractivity contribution is 0.186. The first kappa shape index (κ1) is 11.8. The minimum absolute atomic E-state index is 0.0862. The van der Waals surface area contributed by atoms with E-state index in [9.17, 15) is 8.78 Å². The number of hydrogen-bond acceptors (Lipinski definition) is 1. The van der Waals surface area contributed by atoms with Crippen LogP contribution in [0.15, 0.2) is 18.2 Å².